The maximum atomic E-state index is 5.73. The molecule has 3 N–H and O–H groups in total. The fourth-order valence-corrected chi connectivity index (χ4v) is 2.79. The van der Waals surface area contributed by atoms with E-state index in [0.717, 1.165) is 29.7 Å². The molecule has 0 spiro atoms. The summed E-state index contributed by atoms with van der Waals surface area (Å²) in [5.74, 6) is 6.69. The van der Waals surface area contributed by atoms with Gasteiger partial charge in [0.1, 0.15) is 12.2 Å². The van der Waals surface area contributed by atoms with Crippen LogP contribution in [0.5, 0.6) is 0 Å². The van der Waals surface area contributed by atoms with Crippen LogP contribution in [0.2, 0.25) is 0 Å². The number of benzene rings is 1. The van der Waals surface area contributed by atoms with Crippen LogP contribution in [0, 0.1) is 6.92 Å². The summed E-state index contributed by atoms with van der Waals surface area (Å²) >= 11 is 3.48. The van der Waals surface area contributed by atoms with E-state index in [1.807, 2.05) is 10.7 Å². The Bertz CT molecular complexity index is 566. The summed E-state index contributed by atoms with van der Waals surface area (Å²) in [6, 6.07) is 6.24. The van der Waals surface area contributed by atoms with Gasteiger partial charge in [-0.15, -0.1) is 0 Å². The maximum absolute atomic E-state index is 5.73. The largest absolute Gasteiger partial charge is 0.271 e. The van der Waals surface area contributed by atoms with Crippen LogP contribution in [0.3, 0.4) is 0 Å². The predicted molar refractivity (Wildman–Crippen MR) is 83.0 cm³/mol. The highest BCUT2D eigenvalue weighted by atomic mass is 79.9. The van der Waals surface area contributed by atoms with Crippen LogP contribution >= 0.6 is 15.9 Å². The molecular formula is C14H20BrN5. The van der Waals surface area contributed by atoms with Crippen LogP contribution in [0.1, 0.15) is 36.3 Å². The Morgan fingerprint density at radius 2 is 2.25 bits per heavy atom. The number of nitrogens with zero attached hydrogens (tertiary/aromatic N) is 3. The first kappa shape index (κ1) is 15.2. The third-order valence-electron chi connectivity index (χ3n) is 3.33. The molecule has 1 aromatic carbocycles. The molecule has 1 atom stereocenters. The predicted octanol–water partition coefficient (Wildman–Crippen LogP) is 2.51. The van der Waals surface area contributed by atoms with Gasteiger partial charge in [0, 0.05) is 17.4 Å². The third-order valence-corrected chi connectivity index (χ3v) is 3.82. The molecule has 1 unspecified atom stereocenters. The lowest BCUT2D eigenvalue weighted by atomic mass is 9.99. The average molecular weight is 338 g/mol. The van der Waals surface area contributed by atoms with Gasteiger partial charge < -0.3 is 0 Å². The Morgan fingerprint density at radius 3 is 2.90 bits per heavy atom. The van der Waals surface area contributed by atoms with Crippen molar-refractivity contribution in [3.8, 4) is 0 Å². The summed E-state index contributed by atoms with van der Waals surface area (Å²) in [7, 11) is 0. The second-order valence-corrected chi connectivity index (χ2v) is 5.74. The van der Waals surface area contributed by atoms with Crippen LogP contribution in [0.25, 0.3) is 0 Å². The van der Waals surface area contributed by atoms with Gasteiger partial charge in [-0.25, -0.2) is 4.98 Å². The molecule has 1 aromatic heterocycles. The smallest absolute Gasteiger partial charge is 0.138 e. The first-order valence-electron chi connectivity index (χ1n) is 6.74. The maximum Gasteiger partial charge on any atom is 0.138 e. The third kappa shape index (κ3) is 3.45. The summed E-state index contributed by atoms with van der Waals surface area (Å²) in [6.45, 7) is 5.09. The van der Waals surface area contributed by atoms with E-state index in [9.17, 15) is 0 Å². The lowest BCUT2D eigenvalue weighted by Crippen LogP contribution is -2.31. The number of aromatic nitrogens is 3. The van der Waals surface area contributed by atoms with Crippen molar-refractivity contribution in [2.45, 2.75) is 39.3 Å². The van der Waals surface area contributed by atoms with E-state index in [1.54, 1.807) is 6.33 Å². The minimum Gasteiger partial charge on any atom is -0.271 e. The molecule has 20 heavy (non-hydrogen) atoms. The van der Waals surface area contributed by atoms with Crippen LogP contribution in [-0.2, 0) is 13.0 Å². The fraction of sp³-hybridized carbons (Fsp3) is 0.429. The van der Waals surface area contributed by atoms with Gasteiger partial charge in [0.05, 0.1) is 6.04 Å². The van der Waals surface area contributed by atoms with Crippen molar-refractivity contribution in [3.05, 3.63) is 46.0 Å². The van der Waals surface area contributed by atoms with Crippen molar-refractivity contribution in [1.29, 1.82) is 0 Å². The van der Waals surface area contributed by atoms with Gasteiger partial charge in [-0.3, -0.25) is 16.0 Å². The first-order chi connectivity index (χ1) is 9.65. The fourth-order valence-electron chi connectivity index (χ4n) is 2.32. The van der Waals surface area contributed by atoms with Crippen LogP contribution in [0.4, 0.5) is 0 Å². The Hall–Kier alpha value is -1.24. The molecule has 0 amide bonds. The van der Waals surface area contributed by atoms with E-state index in [2.05, 4.69) is 57.4 Å². The zero-order valence-electron chi connectivity index (χ0n) is 11.8. The van der Waals surface area contributed by atoms with E-state index in [-0.39, 0.29) is 6.04 Å². The highest BCUT2D eigenvalue weighted by molar-refractivity contribution is 9.10. The van der Waals surface area contributed by atoms with Crippen molar-refractivity contribution in [2.24, 2.45) is 5.84 Å². The van der Waals surface area contributed by atoms with Gasteiger partial charge in [0.15, 0.2) is 0 Å². The first-order valence-corrected chi connectivity index (χ1v) is 7.53. The molecule has 0 radical (unpaired) electrons. The Balaban J connectivity index is 2.22. The van der Waals surface area contributed by atoms with Gasteiger partial charge in [0.2, 0.25) is 0 Å². The van der Waals surface area contributed by atoms with Gasteiger partial charge in [-0.05, 0) is 36.6 Å². The second kappa shape index (κ2) is 6.97. The lowest BCUT2D eigenvalue weighted by molar-refractivity contribution is 0.497. The normalized spacial score (nSPS) is 12.6. The van der Waals surface area contributed by atoms with Crippen LogP contribution < -0.4 is 11.3 Å². The molecule has 0 bridgehead atoms. The number of nitrogens with two attached hydrogens (primary N) is 1. The van der Waals surface area contributed by atoms with E-state index in [1.165, 1.54) is 11.1 Å². The monoisotopic (exact) mass is 337 g/mol. The number of nitrogens with one attached hydrogen (secondary N) is 1. The molecule has 0 saturated carbocycles. The molecule has 1 heterocycles. The molecule has 6 heteroatoms. The molecule has 5 nitrogen and oxygen atoms in total. The molecule has 0 saturated heterocycles. The minimum absolute atomic E-state index is 0.0305. The number of aryl methyl sites for hydroxylation is 2. The number of halogens is 1. The van der Waals surface area contributed by atoms with Crippen LogP contribution in [-0.4, -0.2) is 14.8 Å². The summed E-state index contributed by atoms with van der Waals surface area (Å²) in [5.41, 5.74) is 5.27. The number of hydrogen-bond acceptors (Lipinski definition) is 4. The number of rotatable bonds is 6. The van der Waals surface area contributed by atoms with E-state index >= 15 is 0 Å². The molecule has 0 aliphatic heterocycles. The Morgan fingerprint density at radius 1 is 1.45 bits per heavy atom. The standard InChI is InChI=1S/C14H20BrN5/c1-3-6-20-14(17-9-18-20)8-13(19-16)12-5-4-11(15)7-10(12)2/h4-5,7,9,13,19H,3,6,8,16H2,1-2H3. The molecule has 0 aliphatic carbocycles. The molecule has 0 aliphatic rings. The Labute approximate surface area is 127 Å². The molecule has 2 rings (SSSR count). The summed E-state index contributed by atoms with van der Waals surface area (Å²) in [5, 5.41) is 4.25. The molecule has 2 aromatic rings. The van der Waals surface area contributed by atoms with E-state index in [4.69, 9.17) is 5.84 Å². The van der Waals surface area contributed by atoms with Crippen molar-refractivity contribution >= 4 is 15.9 Å². The SMILES string of the molecule is CCCn1ncnc1CC(NN)c1ccc(Br)cc1C. The number of hydrogen-bond donors (Lipinski definition) is 2. The zero-order valence-corrected chi connectivity index (χ0v) is 13.4. The lowest BCUT2D eigenvalue weighted by Gasteiger charge is -2.18. The molecular weight excluding hydrogens is 318 g/mol. The van der Waals surface area contributed by atoms with Gasteiger partial charge in [-0.1, -0.05) is 28.9 Å². The van der Waals surface area contributed by atoms with Gasteiger partial charge in [-0.2, -0.15) is 5.10 Å². The highest BCUT2D eigenvalue weighted by Gasteiger charge is 2.16. The minimum atomic E-state index is 0.0305. The second-order valence-electron chi connectivity index (χ2n) is 4.82. The summed E-state index contributed by atoms with van der Waals surface area (Å²) in [6.07, 6.45) is 3.36. The van der Waals surface area contributed by atoms with Gasteiger partial charge >= 0.3 is 0 Å². The quantitative estimate of drug-likeness (QED) is 0.627. The topological polar surface area (TPSA) is 68.8 Å². The highest BCUT2D eigenvalue weighted by Crippen LogP contribution is 2.23. The van der Waals surface area contributed by atoms with Crippen molar-refractivity contribution in [1.82, 2.24) is 20.2 Å². The summed E-state index contributed by atoms with van der Waals surface area (Å²) in [4.78, 5) is 4.34. The van der Waals surface area contributed by atoms with Crippen molar-refractivity contribution < 1.29 is 0 Å². The molecule has 108 valence electrons. The van der Waals surface area contributed by atoms with E-state index in [0.29, 0.717) is 0 Å². The number of hydrazine groups is 1. The van der Waals surface area contributed by atoms with Crippen molar-refractivity contribution in [3.63, 3.8) is 0 Å². The van der Waals surface area contributed by atoms with Gasteiger partial charge in [0.25, 0.3) is 0 Å². The van der Waals surface area contributed by atoms with E-state index < -0.39 is 0 Å². The molecule has 0 fully saturated rings. The van der Waals surface area contributed by atoms with Crippen LogP contribution in [0.15, 0.2) is 29.0 Å². The van der Waals surface area contributed by atoms with Crippen molar-refractivity contribution in [2.75, 3.05) is 0 Å². The summed E-state index contributed by atoms with van der Waals surface area (Å²) < 4.78 is 3.02. The Kier molecular flexibility index (Phi) is 5.28. The average Bonchev–Trinajstić information content (AvgIpc) is 2.84. The zero-order chi connectivity index (χ0) is 14.5.